The van der Waals surface area contributed by atoms with Crippen LogP contribution in [-0.4, -0.2) is 53.9 Å². The number of likely N-dealkylation sites (tertiary alicyclic amines) is 1. The maximum Gasteiger partial charge on any atom is 0.471 e. The first-order valence-electron chi connectivity index (χ1n) is 5.01. The Morgan fingerprint density at radius 2 is 1.94 bits per heavy atom. The Balaban J connectivity index is 2.06. The van der Waals surface area contributed by atoms with Crippen molar-refractivity contribution in [3.05, 3.63) is 0 Å². The minimum absolute atomic E-state index is 0.00127. The van der Waals surface area contributed by atoms with Crippen molar-refractivity contribution in [2.24, 2.45) is 11.8 Å². The van der Waals surface area contributed by atoms with E-state index in [2.05, 4.69) is 0 Å². The molecule has 0 spiro atoms. The molecular weight excluding hydrogens is 243 g/mol. The number of hydrogen-bond acceptors (Lipinski definition) is 3. The molecule has 2 aliphatic rings. The third-order valence-corrected chi connectivity index (χ3v) is 3.16. The van der Waals surface area contributed by atoms with Crippen molar-refractivity contribution >= 4 is 11.9 Å². The van der Waals surface area contributed by atoms with Crippen LogP contribution in [0.1, 0.15) is 0 Å². The molecule has 2 fully saturated rings. The van der Waals surface area contributed by atoms with Gasteiger partial charge in [-0.3, -0.25) is 9.59 Å². The average molecular weight is 253 g/mol. The van der Waals surface area contributed by atoms with E-state index in [1.807, 2.05) is 0 Å². The molecule has 17 heavy (non-hydrogen) atoms. The topological polar surface area (TPSA) is 66.8 Å². The molecule has 96 valence electrons. The van der Waals surface area contributed by atoms with E-state index in [1.54, 1.807) is 0 Å². The molecule has 0 unspecified atom stereocenters. The highest BCUT2D eigenvalue weighted by Gasteiger charge is 2.52. The smallest absolute Gasteiger partial charge is 0.471 e. The van der Waals surface area contributed by atoms with Gasteiger partial charge in [0.15, 0.2) is 0 Å². The van der Waals surface area contributed by atoms with Crippen molar-refractivity contribution in [2.45, 2.75) is 12.3 Å². The van der Waals surface area contributed by atoms with Gasteiger partial charge in [0.05, 0.1) is 18.6 Å². The fourth-order valence-corrected chi connectivity index (χ4v) is 2.31. The van der Waals surface area contributed by atoms with Gasteiger partial charge in [-0.2, -0.15) is 13.2 Å². The summed E-state index contributed by atoms with van der Waals surface area (Å²) in [5, 5.41) is 8.84. The van der Waals surface area contributed by atoms with E-state index < -0.39 is 36.0 Å². The van der Waals surface area contributed by atoms with Crippen molar-refractivity contribution in [2.75, 3.05) is 19.7 Å². The van der Waals surface area contributed by atoms with Gasteiger partial charge in [0.2, 0.25) is 0 Å². The maximum absolute atomic E-state index is 12.2. The van der Waals surface area contributed by atoms with Crippen LogP contribution in [0, 0.1) is 11.8 Å². The van der Waals surface area contributed by atoms with Crippen LogP contribution in [0.5, 0.6) is 0 Å². The van der Waals surface area contributed by atoms with E-state index in [4.69, 9.17) is 9.84 Å². The first kappa shape index (κ1) is 12.2. The van der Waals surface area contributed by atoms with Gasteiger partial charge in [-0.05, 0) is 0 Å². The van der Waals surface area contributed by atoms with Crippen LogP contribution in [0.2, 0.25) is 0 Å². The highest BCUT2D eigenvalue weighted by Crippen LogP contribution is 2.35. The molecule has 0 aromatic rings. The lowest BCUT2D eigenvalue weighted by Gasteiger charge is -2.19. The number of nitrogens with zero attached hydrogens (tertiary/aromatic N) is 1. The van der Waals surface area contributed by atoms with Crippen molar-refractivity contribution in [3.63, 3.8) is 0 Å². The lowest BCUT2D eigenvalue weighted by atomic mass is 9.93. The number of amides is 1. The van der Waals surface area contributed by atoms with Crippen LogP contribution in [0.4, 0.5) is 13.2 Å². The highest BCUT2D eigenvalue weighted by molar-refractivity contribution is 5.82. The summed E-state index contributed by atoms with van der Waals surface area (Å²) in [6.07, 6.45) is -5.51. The van der Waals surface area contributed by atoms with Gasteiger partial charge in [0, 0.05) is 19.0 Å². The average Bonchev–Trinajstić information content (AvgIpc) is 2.71. The van der Waals surface area contributed by atoms with Crippen molar-refractivity contribution < 1.29 is 32.6 Å². The molecule has 0 aliphatic carbocycles. The molecule has 1 N–H and O–H groups in total. The van der Waals surface area contributed by atoms with Crippen LogP contribution >= 0.6 is 0 Å². The minimum atomic E-state index is -4.92. The van der Waals surface area contributed by atoms with E-state index in [1.165, 1.54) is 0 Å². The van der Waals surface area contributed by atoms with Gasteiger partial charge in [-0.15, -0.1) is 0 Å². The number of carbonyl (C=O) groups is 2. The third-order valence-electron chi connectivity index (χ3n) is 3.16. The summed E-state index contributed by atoms with van der Waals surface area (Å²) in [6.45, 7) is -0.397. The van der Waals surface area contributed by atoms with Gasteiger partial charge in [0.1, 0.15) is 0 Å². The number of carbonyl (C=O) groups excluding carboxylic acids is 1. The number of alkyl halides is 3. The minimum Gasteiger partial charge on any atom is -0.481 e. The predicted octanol–water partition coefficient (Wildman–Crippen LogP) is 0.107. The number of aliphatic carboxylic acids is 1. The lowest BCUT2D eigenvalue weighted by Crippen LogP contribution is -2.41. The third kappa shape index (κ3) is 2.08. The molecule has 0 aromatic heterocycles. The van der Waals surface area contributed by atoms with Crippen molar-refractivity contribution in [1.29, 1.82) is 0 Å². The summed E-state index contributed by atoms with van der Waals surface area (Å²) >= 11 is 0. The van der Waals surface area contributed by atoms with E-state index >= 15 is 0 Å². The van der Waals surface area contributed by atoms with Gasteiger partial charge < -0.3 is 14.7 Å². The normalized spacial score (nSPS) is 32.6. The Labute approximate surface area is 94.1 Å². The molecule has 3 atom stereocenters. The molecule has 0 aromatic carbocycles. The molecule has 2 aliphatic heterocycles. The molecule has 8 heteroatoms. The highest BCUT2D eigenvalue weighted by atomic mass is 19.4. The number of hydrogen-bond donors (Lipinski definition) is 1. The van der Waals surface area contributed by atoms with Crippen molar-refractivity contribution in [3.8, 4) is 0 Å². The Hall–Kier alpha value is -1.31. The quantitative estimate of drug-likeness (QED) is 0.720. The predicted molar refractivity (Wildman–Crippen MR) is 47.0 cm³/mol. The Kier molecular flexibility index (Phi) is 2.76. The molecule has 0 radical (unpaired) electrons. The Morgan fingerprint density at radius 3 is 2.47 bits per heavy atom. The molecule has 1 amide bonds. The molecule has 5 nitrogen and oxygen atoms in total. The standard InChI is InChI=1S/C9H10F3NO4/c10-9(11,12)8(16)13-1-4-5(7(14)15)3-17-6(4)2-13/h4-6H,1-3H2,(H,14,15)/t4-,5-,6-/m0/s1. The number of carboxylic acids is 1. The van der Waals surface area contributed by atoms with Gasteiger partial charge in [0.25, 0.3) is 0 Å². The number of rotatable bonds is 1. The van der Waals surface area contributed by atoms with E-state index in [0.717, 1.165) is 0 Å². The fraction of sp³-hybridized carbons (Fsp3) is 0.778. The second-order valence-electron chi connectivity index (χ2n) is 4.19. The zero-order chi connectivity index (χ0) is 12.8. The van der Waals surface area contributed by atoms with Crippen LogP contribution < -0.4 is 0 Å². The summed E-state index contributed by atoms with van der Waals surface area (Å²) in [4.78, 5) is 22.4. The molecule has 0 bridgehead atoms. The Morgan fingerprint density at radius 1 is 1.29 bits per heavy atom. The zero-order valence-electron chi connectivity index (χ0n) is 8.61. The number of carboxylic acid groups (broad SMARTS) is 1. The van der Waals surface area contributed by atoms with E-state index in [9.17, 15) is 22.8 Å². The number of halogens is 3. The maximum atomic E-state index is 12.2. The molecule has 0 saturated carbocycles. The monoisotopic (exact) mass is 253 g/mol. The fourth-order valence-electron chi connectivity index (χ4n) is 2.31. The van der Waals surface area contributed by atoms with Crippen molar-refractivity contribution in [1.82, 2.24) is 4.90 Å². The van der Waals surface area contributed by atoms with Crippen LogP contribution in [0.25, 0.3) is 0 Å². The first-order valence-corrected chi connectivity index (χ1v) is 5.01. The van der Waals surface area contributed by atoms with Crippen LogP contribution in [0.3, 0.4) is 0 Å². The molecule has 2 rings (SSSR count). The summed E-state index contributed by atoms with van der Waals surface area (Å²) in [5.74, 6) is -4.40. The summed E-state index contributed by atoms with van der Waals surface area (Å²) in [5.41, 5.74) is 0. The van der Waals surface area contributed by atoms with Gasteiger partial charge in [-0.25, -0.2) is 0 Å². The second kappa shape index (κ2) is 3.86. The number of fused-ring (bicyclic) bond motifs is 1. The van der Waals surface area contributed by atoms with Gasteiger partial charge in [-0.1, -0.05) is 0 Å². The van der Waals surface area contributed by atoms with Gasteiger partial charge >= 0.3 is 18.1 Å². The van der Waals surface area contributed by atoms with E-state index in [0.29, 0.717) is 4.90 Å². The second-order valence-corrected chi connectivity index (χ2v) is 4.19. The van der Waals surface area contributed by atoms with Crippen LogP contribution in [0.15, 0.2) is 0 Å². The summed E-state index contributed by atoms with van der Waals surface area (Å²) in [6, 6.07) is 0. The molecule has 2 saturated heterocycles. The Bertz CT molecular complexity index is 357. The van der Waals surface area contributed by atoms with Crippen LogP contribution in [-0.2, 0) is 14.3 Å². The molecular formula is C9H10F3NO4. The zero-order valence-corrected chi connectivity index (χ0v) is 8.61. The first-order chi connectivity index (χ1) is 7.80. The largest absolute Gasteiger partial charge is 0.481 e. The summed E-state index contributed by atoms with van der Waals surface area (Å²) < 4.78 is 41.7. The SMILES string of the molecule is O=C(O)[C@H]1CO[C@H]2CN(C(=O)C(F)(F)F)C[C@H]21. The lowest BCUT2D eigenvalue weighted by molar-refractivity contribution is -0.185. The summed E-state index contributed by atoms with van der Waals surface area (Å²) in [7, 11) is 0. The van der Waals surface area contributed by atoms with E-state index in [-0.39, 0.29) is 19.7 Å². The number of ether oxygens (including phenoxy) is 1. The molecule has 2 heterocycles.